The van der Waals surface area contributed by atoms with Crippen LogP contribution in [0.15, 0.2) is 36.4 Å². The zero-order valence-corrected chi connectivity index (χ0v) is 12.5. The molecular formula is C20H28O3. The lowest BCUT2D eigenvalue weighted by Crippen LogP contribution is -2.15. The molecule has 3 nitrogen and oxygen atoms in total. The van der Waals surface area contributed by atoms with Crippen molar-refractivity contribution in [2.24, 2.45) is 0 Å². The first-order chi connectivity index (χ1) is 10.3. The number of fused-ring (bicyclic) bond motifs is 2. The minimum atomic E-state index is 0. The molecule has 2 aliphatic heterocycles. The SMILES string of the molecule is C.C.Cc1cccc2c1CCO2.Cc1cccc2c1OCCO2. The molecule has 0 unspecified atom stereocenters. The molecule has 0 radical (unpaired) electrons. The number of aryl methyl sites for hydroxylation is 2. The smallest absolute Gasteiger partial charge is 0.164 e. The predicted molar refractivity (Wildman–Crippen MR) is 96.0 cm³/mol. The third-order valence-corrected chi connectivity index (χ3v) is 3.74. The highest BCUT2D eigenvalue weighted by Gasteiger charge is 2.12. The van der Waals surface area contributed by atoms with Crippen molar-refractivity contribution >= 4 is 0 Å². The summed E-state index contributed by atoms with van der Waals surface area (Å²) < 4.78 is 16.2. The Morgan fingerprint density at radius 1 is 0.696 bits per heavy atom. The molecule has 0 N–H and O–H groups in total. The van der Waals surface area contributed by atoms with E-state index in [9.17, 15) is 0 Å². The lowest BCUT2D eigenvalue weighted by atomic mass is 10.1. The molecule has 126 valence electrons. The number of hydrogen-bond acceptors (Lipinski definition) is 3. The summed E-state index contributed by atoms with van der Waals surface area (Å²) in [4.78, 5) is 0. The molecule has 2 heterocycles. The van der Waals surface area contributed by atoms with Crippen molar-refractivity contribution < 1.29 is 14.2 Å². The largest absolute Gasteiger partial charge is 0.493 e. The van der Waals surface area contributed by atoms with E-state index in [1.807, 2.05) is 37.3 Å². The Morgan fingerprint density at radius 2 is 1.30 bits per heavy atom. The number of hydrogen-bond donors (Lipinski definition) is 0. The van der Waals surface area contributed by atoms with Crippen LogP contribution in [0.5, 0.6) is 17.2 Å². The summed E-state index contributed by atoms with van der Waals surface area (Å²) in [6, 6.07) is 12.1. The quantitative estimate of drug-likeness (QED) is 0.687. The van der Waals surface area contributed by atoms with Crippen LogP contribution in [0.1, 0.15) is 31.5 Å². The van der Waals surface area contributed by atoms with Gasteiger partial charge in [0.1, 0.15) is 19.0 Å². The van der Waals surface area contributed by atoms with Gasteiger partial charge in [0.2, 0.25) is 0 Å². The first-order valence-corrected chi connectivity index (χ1v) is 7.32. The Labute approximate surface area is 140 Å². The molecular weight excluding hydrogens is 288 g/mol. The second kappa shape index (κ2) is 8.47. The van der Waals surface area contributed by atoms with Crippen LogP contribution in [-0.2, 0) is 6.42 Å². The van der Waals surface area contributed by atoms with Crippen molar-refractivity contribution in [1.29, 1.82) is 0 Å². The van der Waals surface area contributed by atoms with Crippen molar-refractivity contribution in [3.05, 3.63) is 53.1 Å². The first-order valence-electron chi connectivity index (χ1n) is 7.32. The maximum atomic E-state index is 5.43. The van der Waals surface area contributed by atoms with E-state index in [1.54, 1.807) is 0 Å². The van der Waals surface area contributed by atoms with Crippen molar-refractivity contribution in [2.75, 3.05) is 19.8 Å². The molecule has 2 aromatic carbocycles. The summed E-state index contributed by atoms with van der Waals surface area (Å²) in [6.07, 6.45) is 1.09. The minimum absolute atomic E-state index is 0. The van der Waals surface area contributed by atoms with Gasteiger partial charge in [-0.2, -0.15) is 0 Å². The van der Waals surface area contributed by atoms with E-state index in [0.29, 0.717) is 13.2 Å². The summed E-state index contributed by atoms with van der Waals surface area (Å²) in [6.45, 7) is 6.34. The standard InChI is InChI=1S/C9H10O2.C9H10O.2CH4/c1-7-3-2-4-8-9(7)11-6-5-10-8;1-7-3-2-4-9-8(7)5-6-10-9;;/h2-4H,5-6H2,1H3;2-4H,5-6H2,1H3;2*1H4. The second-order valence-electron chi connectivity index (χ2n) is 5.25. The Hall–Kier alpha value is -2.16. The second-order valence-corrected chi connectivity index (χ2v) is 5.25. The fraction of sp³-hybridized carbons (Fsp3) is 0.400. The fourth-order valence-corrected chi connectivity index (χ4v) is 2.61. The lowest BCUT2D eigenvalue weighted by Gasteiger charge is -2.19. The zero-order valence-electron chi connectivity index (χ0n) is 12.5. The topological polar surface area (TPSA) is 27.7 Å². The van der Waals surface area contributed by atoms with Crippen LogP contribution >= 0.6 is 0 Å². The number of para-hydroxylation sites is 1. The molecule has 4 rings (SSSR count). The molecule has 0 spiro atoms. The van der Waals surface area contributed by atoms with E-state index in [2.05, 4.69) is 13.0 Å². The van der Waals surface area contributed by atoms with Crippen molar-refractivity contribution in [1.82, 2.24) is 0 Å². The van der Waals surface area contributed by atoms with E-state index in [0.717, 1.165) is 35.8 Å². The van der Waals surface area contributed by atoms with Gasteiger partial charge in [-0.25, -0.2) is 0 Å². The molecule has 3 heteroatoms. The molecule has 23 heavy (non-hydrogen) atoms. The summed E-state index contributed by atoms with van der Waals surface area (Å²) >= 11 is 0. The maximum absolute atomic E-state index is 5.43. The summed E-state index contributed by atoms with van der Waals surface area (Å²) in [5.41, 5.74) is 3.89. The van der Waals surface area contributed by atoms with Crippen LogP contribution in [0.2, 0.25) is 0 Å². The number of benzene rings is 2. The van der Waals surface area contributed by atoms with E-state index < -0.39 is 0 Å². The van der Waals surface area contributed by atoms with Gasteiger partial charge in [-0.05, 0) is 37.1 Å². The molecule has 2 aromatic rings. The van der Waals surface area contributed by atoms with Crippen LogP contribution in [0.4, 0.5) is 0 Å². The maximum Gasteiger partial charge on any atom is 0.164 e. The van der Waals surface area contributed by atoms with E-state index in [-0.39, 0.29) is 14.9 Å². The average Bonchev–Trinajstić information content (AvgIpc) is 2.99. The highest BCUT2D eigenvalue weighted by atomic mass is 16.6. The molecule has 0 saturated carbocycles. The van der Waals surface area contributed by atoms with E-state index >= 15 is 0 Å². The Morgan fingerprint density at radius 3 is 2.00 bits per heavy atom. The summed E-state index contributed by atoms with van der Waals surface area (Å²) in [7, 11) is 0. The van der Waals surface area contributed by atoms with Gasteiger partial charge in [-0.1, -0.05) is 39.1 Å². The Kier molecular flexibility index (Phi) is 6.95. The molecule has 0 atom stereocenters. The highest BCUT2D eigenvalue weighted by molar-refractivity contribution is 5.46. The van der Waals surface area contributed by atoms with Crippen LogP contribution in [-0.4, -0.2) is 19.8 Å². The highest BCUT2D eigenvalue weighted by Crippen LogP contribution is 2.32. The summed E-state index contributed by atoms with van der Waals surface area (Å²) in [5, 5.41) is 0. The van der Waals surface area contributed by atoms with Crippen LogP contribution in [0.25, 0.3) is 0 Å². The van der Waals surface area contributed by atoms with E-state index in [4.69, 9.17) is 14.2 Å². The number of ether oxygens (including phenoxy) is 3. The van der Waals surface area contributed by atoms with E-state index in [1.165, 1.54) is 11.1 Å². The molecule has 0 aliphatic carbocycles. The monoisotopic (exact) mass is 316 g/mol. The Bertz CT molecular complexity index is 635. The van der Waals surface area contributed by atoms with Crippen molar-refractivity contribution in [3.8, 4) is 17.2 Å². The van der Waals surface area contributed by atoms with Crippen molar-refractivity contribution in [2.45, 2.75) is 35.1 Å². The fourth-order valence-electron chi connectivity index (χ4n) is 2.61. The molecule has 2 aliphatic rings. The van der Waals surface area contributed by atoms with Gasteiger partial charge in [0.15, 0.2) is 11.5 Å². The Balaban J connectivity index is 0.000000212. The molecule has 0 fully saturated rings. The van der Waals surface area contributed by atoms with Gasteiger partial charge >= 0.3 is 0 Å². The molecule has 0 aromatic heterocycles. The molecule has 0 saturated heterocycles. The van der Waals surface area contributed by atoms with Gasteiger partial charge in [0.25, 0.3) is 0 Å². The summed E-state index contributed by atoms with van der Waals surface area (Å²) in [5.74, 6) is 2.86. The van der Waals surface area contributed by atoms with Crippen molar-refractivity contribution in [3.63, 3.8) is 0 Å². The normalized spacial score (nSPS) is 13.3. The zero-order chi connectivity index (χ0) is 14.7. The van der Waals surface area contributed by atoms with Gasteiger partial charge in [0, 0.05) is 12.0 Å². The molecule has 0 amide bonds. The predicted octanol–water partition coefficient (Wildman–Crippen LogP) is 4.97. The number of rotatable bonds is 0. The van der Waals surface area contributed by atoms with Crippen LogP contribution in [0.3, 0.4) is 0 Å². The third-order valence-electron chi connectivity index (χ3n) is 3.74. The molecule has 0 bridgehead atoms. The van der Waals surface area contributed by atoms with Gasteiger partial charge < -0.3 is 14.2 Å². The first kappa shape index (κ1) is 18.9. The average molecular weight is 316 g/mol. The third kappa shape index (κ3) is 4.19. The van der Waals surface area contributed by atoms with Gasteiger partial charge in [-0.3, -0.25) is 0 Å². The lowest BCUT2D eigenvalue weighted by molar-refractivity contribution is 0.170. The van der Waals surface area contributed by atoms with Gasteiger partial charge in [0.05, 0.1) is 6.61 Å². The minimum Gasteiger partial charge on any atom is -0.493 e. The van der Waals surface area contributed by atoms with Crippen LogP contribution < -0.4 is 14.2 Å². The van der Waals surface area contributed by atoms with Gasteiger partial charge in [-0.15, -0.1) is 0 Å². The van der Waals surface area contributed by atoms with Crippen LogP contribution in [0, 0.1) is 13.8 Å².